The molecule has 6 nitrogen and oxygen atoms in total. The highest BCUT2D eigenvalue weighted by Gasteiger charge is 2.38. The van der Waals surface area contributed by atoms with Crippen molar-refractivity contribution in [3.63, 3.8) is 0 Å². The fraction of sp³-hybridized carbons (Fsp3) is 0.318. The van der Waals surface area contributed by atoms with E-state index in [1.54, 1.807) is 24.3 Å². The molecule has 158 valence electrons. The van der Waals surface area contributed by atoms with Crippen molar-refractivity contribution < 1.29 is 28.2 Å². The SMILES string of the molecule is COc1cccc(N2C[C@H](C(=O)O[C@@H](CCCl)C(=O)c3ccc(F)cc3)CC2=O)c1. The van der Waals surface area contributed by atoms with E-state index in [-0.39, 0.29) is 36.7 Å². The summed E-state index contributed by atoms with van der Waals surface area (Å²) in [4.78, 5) is 39.3. The van der Waals surface area contributed by atoms with Gasteiger partial charge in [-0.05, 0) is 36.4 Å². The van der Waals surface area contributed by atoms with Crippen LogP contribution in [0.3, 0.4) is 0 Å². The summed E-state index contributed by atoms with van der Waals surface area (Å²) in [6, 6.07) is 12.0. The number of alkyl halides is 1. The first-order chi connectivity index (χ1) is 14.4. The van der Waals surface area contributed by atoms with Gasteiger partial charge in [0, 0.05) is 42.6 Å². The Kier molecular flexibility index (Phi) is 7.05. The third-order valence-corrected chi connectivity index (χ3v) is 5.09. The van der Waals surface area contributed by atoms with E-state index >= 15 is 0 Å². The summed E-state index contributed by atoms with van der Waals surface area (Å²) >= 11 is 5.77. The number of esters is 1. The minimum absolute atomic E-state index is 0.0195. The Morgan fingerprint density at radius 3 is 2.63 bits per heavy atom. The summed E-state index contributed by atoms with van der Waals surface area (Å²) in [7, 11) is 1.53. The van der Waals surface area contributed by atoms with Crippen molar-refractivity contribution in [2.45, 2.75) is 18.9 Å². The normalized spacial score (nSPS) is 17.0. The molecule has 1 heterocycles. The van der Waals surface area contributed by atoms with Crippen LogP contribution < -0.4 is 9.64 Å². The number of carbonyl (C=O) groups excluding carboxylic acids is 3. The van der Waals surface area contributed by atoms with Crippen molar-refractivity contribution in [3.8, 4) is 5.75 Å². The van der Waals surface area contributed by atoms with E-state index in [2.05, 4.69) is 0 Å². The number of hydrogen-bond donors (Lipinski definition) is 0. The van der Waals surface area contributed by atoms with Crippen molar-refractivity contribution in [1.82, 2.24) is 0 Å². The second-order valence-corrected chi connectivity index (χ2v) is 7.26. The lowest BCUT2D eigenvalue weighted by molar-refractivity contribution is -0.151. The van der Waals surface area contributed by atoms with E-state index in [9.17, 15) is 18.8 Å². The molecule has 2 aromatic carbocycles. The molecule has 0 bridgehead atoms. The van der Waals surface area contributed by atoms with Gasteiger partial charge in [-0.1, -0.05) is 6.07 Å². The number of hydrogen-bond acceptors (Lipinski definition) is 5. The van der Waals surface area contributed by atoms with Gasteiger partial charge in [-0.2, -0.15) is 0 Å². The lowest BCUT2D eigenvalue weighted by atomic mass is 10.0. The number of amides is 1. The average Bonchev–Trinajstić information content (AvgIpc) is 3.15. The molecule has 0 aromatic heterocycles. The molecule has 1 amide bonds. The lowest BCUT2D eigenvalue weighted by Crippen LogP contribution is -2.32. The van der Waals surface area contributed by atoms with Crippen LogP contribution in [0.5, 0.6) is 5.75 Å². The summed E-state index contributed by atoms with van der Waals surface area (Å²) in [5.41, 5.74) is 0.842. The summed E-state index contributed by atoms with van der Waals surface area (Å²) in [5.74, 6) is -1.80. The molecule has 1 saturated heterocycles. The Labute approximate surface area is 178 Å². The third-order valence-electron chi connectivity index (χ3n) is 4.87. The van der Waals surface area contributed by atoms with E-state index in [1.165, 1.54) is 24.1 Å². The van der Waals surface area contributed by atoms with Crippen molar-refractivity contribution in [1.29, 1.82) is 0 Å². The molecule has 0 radical (unpaired) electrons. The molecule has 3 rings (SSSR count). The number of carbonyl (C=O) groups is 3. The summed E-state index contributed by atoms with van der Waals surface area (Å²) in [5, 5.41) is 0. The van der Waals surface area contributed by atoms with E-state index in [4.69, 9.17) is 21.1 Å². The van der Waals surface area contributed by atoms with Gasteiger partial charge in [0.1, 0.15) is 11.6 Å². The zero-order valence-electron chi connectivity index (χ0n) is 16.3. The Morgan fingerprint density at radius 1 is 1.23 bits per heavy atom. The fourth-order valence-corrected chi connectivity index (χ4v) is 3.47. The van der Waals surface area contributed by atoms with E-state index < -0.39 is 29.6 Å². The van der Waals surface area contributed by atoms with Crippen LogP contribution in [-0.4, -0.2) is 43.3 Å². The van der Waals surface area contributed by atoms with Gasteiger partial charge >= 0.3 is 5.97 Å². The van der Waals surface area contributed by atoms with Gasteiger partial charge in [0.25, 0.3) is 0 Å². The predicted molar refractivity (Wildman–Crippen MR) is 109 cm³/mol. The number of Topliss-reactive ketones (excluding diaryl/α,β-unsaturated/α-hetero) is 1. The third kappa shape index (κ3) is 4.97. The Bertz CT molecular complexity index is 933. The van der Waals surface area contributed by atoms with Crippen molar-refractivity contribution >= 4 is 34.9 Å². The Hall–Kier alpha value is -2.93. The molecule has 0 aliphatic carbocycles. The molecule has 1 aliphatic rings. The minimum atomic E-state index is -1.10. The molecular weight excluding hydrogens is 413 g/mol. The van der Waals surface area contributed by atoms with E-state index in [0.717, 1.165) is 12.1 Å². The summed E-state index contributed by atoms with van der Waals surface area (Å²) < 4.78 is 23.7. The summed E-state index contributed by atoms with van der Waals surface area (Å²) in [6.07, 6.45) is -1.00. The van der Waals surface area contributed by atoms with E-state index in [0.29, 0.717) is 11.4 Å². The first-order valence-corrected chi connectivity index (χ1v) is 9.97. The number of methoxy groups -OCH3 is 1. The van der Waals surface area contributed by atoms with Crippen molar-refractivity contribution in [2.24, 2.45) is 5.92 Å². The van der Waals surface area contributed by atoms with Gasteiger partial charge in [-0.25, -0.2) is 4.39 Å². The zero-order chi connectivity index (χ0) is 21.7. The number of ether oxygens (including phenoxy) is 2. The largest absolute Gasteiger partial charge is 0.497 e. The van der Waals surface area contributed by atoms with Crippen LogP contribution >= 0.6 is 11.6 Å². The van der Waals surface area contributed by atoms with Crippen molar-refractivity contribution in [2.75, 3.05) is 24.4 Å². The second kappa shape index (κ2) is 9.71. The van der Waals surface area contributed by atoms with Gasteiger partial charge in [0.15, 0.2) is 6.10 Å². The molecule has 8 heteroatoms. The van der Waals surface area contributed by atoms with Gasteiger partial charge in [0.05, 0.1) is 13.0 Å². The molecule has 0 saturated carbocycles. The Morgan fingerprint density at radius 2 is 1.97 bits per heavy atom. The topological polar surface area (TPSA) is 72.9 Å². The number of nitrogens with zero attached hydrogens (tertiary/aromatic N) is 1. The monoisotopic (exact) mass is 433 g/mol. The minimum Gasteiger partial charge on any atom is -0.497 e. The number of halogens is 2. The molecule has 2 aromatic rings. The van der Waals surface area contributed by atoms with Gasteiger partial charge in [-0.3, -0.25) is 14.4 Å². The number of anilines is 1. The maximum Gasteiger partial charge on any atom is 0.312 e. The molecule has 30 heavy (non-hydrogen) atoms. The van der Waals surface area contributed by atoms with Gasteiger partial charge in [0.2, 0.25) is 11.7 Å². The maximum absolute atomic E-state index is 13.1. The lowest BCUT2D eigenvalue weighted by Gasteiger charge is -2.19. The average molecular weight is 434 g/mol. The maximum atomic E-state index is 13.1. The van der Waals surface area contributed by atoms with Crippen LogP contribution in [0.25, 0.3) is 0 Å². The van der Waals surface area contributed by atoms with Crippen LogP contribution in [0.2, 0.25) is 0 Å². The molecule has 0 unspecified atom stereocenters. The predicted octanol–water partition coefficient (Wildman–Crippen LogP) is 3.61. The Balaban J connectivity index is 1.69. The van der Waals surface area contributed by atoms with Crippen LogP contribution in [0.4, 0.5) is 10.1 Å². The van der Waals surface area contributed by atoms with Crippen LogP contribution in [0.15, 0.2) is 48.5 Å². The van der Waals surface area contributed by atoms with Crippen LogP contribution in [0, 0.1) is 11.7 Å². The molecule has 0 N–H and O–H groups in total. The van der Waals surface area contributed by atoms with Crippen molar-refractivity contribution in [3.05, 3.63) is 59.9 Å². The zero-order valence-corrected chi connectivity index (χ0v) is 17.1. The number of rotatable bonds is 8. The standard InChI is InChI=1S/C22H21ClFNO5/c1-29-18-4-2-3-17(12-18)25-13-15(11-20(25)26)22(28)30-19(9-10-23)21(27)14-5-7-16(24)8-6-14/h2-8,12,15,19H,9-11,13H2,1H3/t15-,19+/m1/s1. The fourth-order valence-electron chi connectivity index (χ4n) is 3.27. The number of benzene rings is 2. The van der Waals surface area contributed by atoms with Gasteiger partial charge in [-0.15, -0.1) is 11.6 Å². The number of ketones is 1. The highest BCUT2D eigenvalue weighted by molar-refractivity contribution is 6.18. The summed E-state index contributed by atoms with van der Waals surface area (Å²) in [6.45, 7) is 0.142. The molecular formula is C22H21ClFNO5. The second-order valence-electron chi connectivity index (χ2n) is 6.88. The first-order valence-electron chi connectivity index (χ1n) is 9.43. The molecule has 1 fully saturated rings. The highest BCUT2D eigenvalue weighted by Crippen LogP contribution is 2.29. The van der Waals surface area contributed by atoms with Gasteiger partial charge < -0.3 is 14.4 Å². The molecule has 2 atom stereocenters. The van der Waals surface area contributed by atoms with E-state index in [1.807, 2.05) is 0 Å². The van der Waals surface area contributed by atoms with Crippen LogP contribution in [-0.2, 0) is 14.3 Å². The van der Waals surface area contributed by atoms with Crippen LogP contribution in [0.1, 0.15) is 23.2 Å². The smallest absolute Gasteiger partial charge is 0.312 e. The molecule has 1 aliphatic heterocycles. The quantitative estimate of drug-likeness (QED) is 0.361. The first kappa shape index (κ1) is 21.8. The molecule has 0 spiro atoms. The highest BCUT2D eigenvalue weighted by atomic mass is 35.5.